The summed E-state index contributed by atoms with van der Waals surface area (Å²) < 4.78 is 0. The highest BCUT2D eigenvalue weighted by atomic mass is 16.2. The SMILES string of the molecule is CC(C)c1ncc2c(n1)N(C(C)C)C(=O)CC2. The second kappa shape index (κ2) is 4.43. The fourth-order valence-corrected chi connectivity index (χ4v) is 2.09. The van der Waals surface area contributed by atoms with E-state index in [2.05, 4.69) is 23.8 Å². The minimum atomic E-state index is 0.150. The number of carbonyl (C=O) groups excluding carboxylic acids is 1. The van der Waals surface area contributed by atoms with Crippen molar-refractivity contribution in [3.63, 3.8) is 0 Å². The summed E-state index contributed by atoms with van der Waals surface area (Å²) in [4.78, 5) is 22.7. The molecule has 0 N–H and O–H groups in total. The van der Waals surface area contributed by atoms with Crippen LogP contribution in [0.15, 0.2) is 6.20 Å². The van der Waals surface area contributed by atoms with Crippen LogP contribution in [0.2, 0.25) is 0 Å². The number of nitrogens with zero attached hydrogens (tertiary/aromatic N) is 3. The number of rotatable bonds is 2. The Labute approximate surface area is 102 Å². The number of anilines is 1. The van der Waals surface area contributed by atoms with Gasteiger partial charge < -0.3 is 0 Å². The zero-order valence-corrected chi connectivity index (χ0v) is 10.9. The maximum Gasteiger partial charge on any atom is 0.228 e. The Morgan fingerprint density at radius 2 is 1.94 bits per heavy atom. The summed E-state index contributed by atoms with van der Waals surface area (Å²) in [5.41, 5.74) is 1.09. The average molecular weight is 233 g/mol. The molecule has 0 aromatic carbocycles. The molecule has 0 saturated carbocycles. The van der Waals surface area contributed by atoms with Crippen LogP contribution in [0, 0.1) is 0 Å². The van der Waals surface area contributed by atoms with Gasteiger partial charge in [-0.2, -0.15) is 0 Å². The highest BCUT2D eigenvalue weighted by molar-refractivity contribution is 5.95. The topological polar surface area (TPSA) is 46.1 Å². The van der Waals surface area contributed by atoms with Gasteiger partial charge in [-0.3, -0.25) is 9.69 Å². The van der Waals surface area contributed by atoms with Gasteiger partial charge in [-0.15, -0.1) is 0 Å². The fourth-order valence-electron chi connectivity index (χ4n) is 2.09. The van der Waals surface area contributed by atoms with E-state index in [0.717, 1.165) is 23.6 Å². The lowest BCUT2D eigenvalue weighted by Gasteiger charge is -2.31. The quantitative estimate of drug-likeness (QED) is 0.787. The molecule has 0 saturated heterocycles. The van der Waals surface area contributed by atoms with E-state index in [0.29, 0.717) is 6.42 Å². The van der Waals surface area contributed by atoms with E-state index in [1.807, 2.05) is 20.0 Å². The minimum Gasteiger partial charge on any atom is -0.294 e. The predicted octanol–water partition coefficient (Wildman–Crippen LogP) is 2.29. The Morgan fingerprint density at radius 1 is 1.24 bits per heavy atom. The predicted molar refractivity (Wildman–Crippen MR) is 67.1 cm³/mol. The van der Waals surface area contributed by atoms with Crippen LogP contribution < -0.4 is 4.90 Å². The standard InChI is InChI=1S/C13H19N3O/c1-8(2)12-14-7-10-5-6-11(17)16(9(3)4)13(10)15-12/h7-9H,5-6H2,1-4H3. The molecule has 1 aliphatic heterocycles. The highest BCUT2D eigenvalue weighted by Crippen LogP contribution is 2.28. The van der Waals surface area contributed by atoms with Gasteiger partial charge in [0, 0.05) is 30.1 Å². The summed E-state index contributed by atoms with van der Waals surface area (Å²) in [5.74, 6) is 2.08. The van der Waals surface area contributed by atoms with Crippen molar-refractivity contribution in [2.45, 2.75) is 52.5 Å². The average Bonchev–Trinajstić information content (AvgIpc) is 2.27. The van der Waals surface area contributed by atoms with E-state index in [9.17, 15) is 4.79 Å². The maximum atomic E-state index is 11.9. The van der Waals surface area contributed by atoms with Crippen LogP contribution in [-0.4, -0.2) is 21.9 Å². The van der Waals surface area contributed by atoms with Crippen LogP contribution in [0.5, 0.6) is 0 Å². The van der Waals surface area contributed by atoms with E-state index in [4.69, 9.17) is 0 Å². The highest BCUT2D eigenvalue weighted by Gasteiger charge is 2.28. The van der Waals surface area contributed by atoms with Crippen LogP contribution in [0.1, 0.15) is 51.4 Å². The molecule has 0 aliphatic carbocycles. The van der Waals surface area contributed by atoms with E-state index in [-0.39, 0.29) is 17.9 Å². The van der Waals surface area contributed by atoms with Crippen LogP contribution >= 0.6 is 0 Å². The smallest absolute Gasteiger partial charge is 0.228 e. The number of aromatic nitrogens is 2. The third-order valence-corrected chi connectivity index (χ3v) is 3.00. The van der Waals surface area contributed by atoms with Crippen molar-refractivity contribution in [3.05, 3.63) is 17.6 Å². The molecule has 4 heteroatoms. The van der Waals surface area contributed by atoms with Gasteiger partial charge in [-0.1, -0.05) is 13.8 Å². The van der Waals surface area contributed by atoms with Crippen molar-refractivity contribution in [2.75, 3.05) is 4.90 Å². The number of amides is 1. The van der Waals surface area contributed by atoms with Crippen LogP contribution in [0.25, 0.3) is 0 Å². The summed E-state index contributed by atoms with van der Waals surface area (Å²) in [6.45, 7) is 8.16. The summed E-state index contributed by atoms with van der Waals surface area (Å²) in [7, 11) is 0. The molecule has 2 rings (SSSR count). The first-order valence-electron chi connectivity index (χ1n) is 6.18. The van der Waals surface area contributed by atoms with Crippen molar-refractivity contribution in [2.24, 2.45) is 0 Å². The molecule has 0 bridgehead atoms. The summed E-state index contributed by atoms with van der Waals surface area (Å²) in [6, 6.07) is 0.150. The zero-order valence-electron chi connectivity index (χ0n) is 10.9. The van der Waals surface area contributed by atoms with Crippen molar-refractivity contribution in [3.8, 4) is 0 Å². The molecule has 17 heavy (non-hydrogen) atoms. The van der Waals surface area contributed by atoms with E-state index in [1.165, 1.54) is 0 Å². The van der Waals surface area contributed by atoms with Crippen molar-refractivity contribution in [1.82, 2.24) is 9.97 Å². The molecule has 4 nitrogen and oxygen atoms in total. The zero-order chi connectivity index (χ0) is 12.6. The molecule has 1 amide bonds. The number of carbonyl (C=O) groups is 1. The third-order valence-electron chi connectivity index (χ3n) is 3.00. The van der Waals surface area contributed by atoms with Gasteiger partial charge in [0.25, 0.3) is 0 Å². The van der Waals surface area contributed by atoms with Crippen molar-refractivity contribution in [1.29, 1.82) is 0 Å². The van der Waals surface area contributed by atoms with Gasteiger partial charge in [0.15, 0.2) is 0 Å². The summed E-state index contributed by atoms with van der Waals surface area (Å²) in [5, 5.41) is 0. The van der Waals surface area contributed by atoms with Gasteiger partial charge in [-0.05, 0) is 20.3 Å². The number of aryl methyl sites for hydroxylation is 1. The lowest BCUT2D eigenvalue weighted by molar-refractivity contribution is -0.119. The molecule has 0 radical (unpaired) electrons. The van der Waals surface area contributed by atoms with E-state index < -0.39 is 0 Å². The molecule has 1 aliphatic rings. The molecule has 0 atom stereocenters. The first-order chi connectivity index (χ1) is 8.00. The molecule has 0 spiro atoms. The molecule has 2 heterocycles. The fraction of sp³-hybridized carbons (Fsp3) is 0.615. The van der Waals surface area contributed by atoms with Crippen molar-refractivity contribution < 1.29 is 4.79 Å². The van der Waals surface area contributed by atoms with Gasteiger partial charge in [0.2, 0.25) is 5.91 Å². The van der Waals surface area contributed by atoms with Gasteiger partial charge in [-0.25, -0.2) is 9.97 Å². The van der Waals surface area contributed by atoms with E-state index in [1.54, 1.807) is 4.90 Å². The minimum absolute atomic E-state index is 0.150. The molecule has 1 aromatic heterocycles. The van der Waals surface area contributed by atoms with Crippen molar-refractivity contribution >= 4 is 11.7 Å². The van der Waals surface area contributed by atoms with Gasteiger partial charge >= 0.3 is 0 Å². The number of hydrogen-bond donors (Lipinski definition) is 0. The Hall–Kier alpha value is -1.45. The second-order valence-corrected chi connectivity index (χ2v) is 5.09. The normalized spacial score (nSPS) is 15.6. The first-order valence-corrected chi connectivity index (χ1v) is 6.18. The van der Waals surface area contributed by atoms with Crippen LogP contribution in [0.3, 0.4) is 0 Å². The number of hydrogen-bond acceptors (Lipinski definition) is 3. The lowest BCUT2D eigenvalue weighted by Crippen LogP contribution is -2.41. The Morgan fingerprint density at radius 3 is 2.53 bits per heavy atom. The molecular weight excluding hydrogens is 214 g/mol. The monoisotopic (exact) mass is 233 g/mol. The van der Waals surface area contributed by atoms with Crippen LogP contribution in [0.4, 0.5) is 5.82 Å². The van der Waals surface area contributed by atoms with Crippen LogP contribution in [-0.2, 0) is 11.2 Å². The third kappa shape index (κ3) is 2.16. The first kappa shape index (κ1) is 12.0. The number of fused-ring (bicyclic) bond motifs is 1. The summed E-state index contributed by atoms with van der Waals surface area (Å²) in [6.07, 6.45) is 3.20. The Bertz CT molecular complexity index is 440. The summed E-state index contributed by atoms with van der Waals surface area (Å²) >= 11 is 0. The van der Waals surface area contributed by atoms with Gasteiger partial charge in [0.05, 0.1) is 0 Å². The molecule has 0 fully saturated rings. The van der Waals surface area contributed by atoms with Gasteiger partial charge in [0.1, 0.15) is 11.6 Å². The lowest BCUT2D eigenvalue weighted by atomic mass is 10.0. The maximum absolute atomic E-state index is 11.9. The second-order valence-electron chi connectivity index (χ2n) is 5.09. The Kier molecular flexibility index (Phi) is 3.13. The molecule has 92 valence electrons. The Balaban J connectivity index is 2.48. The largest absolute Gasteiger partial charge is 0.294 e. The molecular formula is C13H19N3O. The molecule has 1 aromatic rings. The van der Waals surface area contributed by atoms with E-state index >= 15 is 0 Å². The molecule has 0 unspecified atom stereocenters.